The molecule has 1 aromatic carbocycles. The fourth-order valence-electron chi connectivity index (χ4n) is 1.35. The molecule has 0 N–H and O–H groups in total. The Morgan fingerprint density at radius 1 is 1.31 bits per heavy atom. The van der Waals surface area contributed by atoms with Crippen LogP contribution in [0.5, 0.6) is 5.75 Å². The Kier molecular flexibility index (Phi) is 4.88. The highest BCUT2D eigenvalue weighted by Crippen LogP contribution is 2.16. The van der Waals surface area contributed by atoms with Gasteiger partial charge in [0.1, 0.15) is 18.5 Å². The molecule has 0 bridgehead atoms. The third-order valence-electron chi connectivity index (χ3n) is 2.24. The SMILES string of the molecule is C#CC(C)O[C@H](C)COc1ccccc1C. The summed E-state index contributed by atoms with van der Waals surface area (Å²) in [5.74, 6) is 3.42. The molecule has 0 aromatic heterocycles. The maximum atomic E-state index is 5.65. The first kappa shape index (κ1) is 12.6. The number of hydrogen-bond acceptors (Lipinski definition) is 2. The standard InChI is InChI=1S/C14H18O2/c1-5-12(3)16-13(4)10-15-14-9-7-6-8-11(14)2/h1,6-9,12-13H,10H2,2-4H3/t12?,13-/m1/s1. The lowest BCUT2D eigenvalue weighted by Gasteiger charge is -2.17. The van der Waals surface area contributed by atoms with Gasteiger partial charge in [0, 0.05) is 0 Å². The molecule has 16 heavy (non-hydrogen) atoms. The van der Waals surface area contributed by atoms with E-state index in [2.05, 4.69) is 5.92 Å². The molecule has 2 heteroatoms. The number of para-hydroxylation sites is 1. The zero-order chi connectivity index (χ0) is 12.0. The van der Waals surface area contributed by atoms with Crippen LogP contribution in [0.2, 0.25) is 0 Å². The highest BCUT2D eigenvalue weighted by Gasteiger charge is 2.07. The molecule has 86 valence electrons. The Labute approximate surface area is 97.6 Å². The quantitative estimate of drug-likeness (QED) is 0.707. The monoisotopic (exact) mass is 218 g/mol. The van der Waals surface area contributed by atoms with Gasteiger partial charge in [0.2, 0.25) is 0 Å². The predicted octanol–water partition coefficient (Wildman–Crippen LogP) is 2.80. The molecule has 0 aliphatic carbocycles. The van der Waals surface area contributed by atoms with Gasteiger partial charge in [-0.1, -0.05) is 24.1 Å². The van der Waals surface area contributed by atoms with Gasteiger partial charge in [0.15, 0.2) is 0 Å². The maximum absolute atomic E-state index is 5.65. The molecule has 0 spiro atoms. The summed E-state index contributed by atoms with van der Waals surface area (Å²) in [4.78, 5) is 0. The van der Waals surface area contributed by atoms with Crippen molar-refractivity contribution >= 4 is 0 Å². The van der Waals surface area contributed by atoms with Crippen molar-refractivity contribution in [2.24, 2.45) is 0 Å². The Balaban J connectivity index is 2.41. The lowest BCUT2D eigenvalue weighted by Crippen LogP contribution is -2.22. The first-order valence-corrected chi connectivity index (χ1v) is 5.43. The predicted molar refractivity (Wildman–Crippen MR) is 65.5 cm³/mol. The normalized spacial score (nSPS) is 13.9. The molecule has 0 fully saturated rings. The van der Waals surface area contributed by atoms with Crippen LogP contribution in [-0.4, -0.2) is 18.8 Å². The van der Waals surface area contributed by atoms with Gasteiger partial charge in [-0.15, -0.1) is 6.42 Å². The molecule has 1 rings (SSSR count). The Morgan fingerprint density at radius 2 is 2.00 bits per heavy atom. The molecule has 0 heterocycles. The molecule has 1 aromatic rings. The number of hydrogen-bond donors (Lipinski definition) is 0. The summed E-state index contributed by atoms with van der Waals surface area (Å²) in [6.45, 7) is 6.33. The van der Waals surface area contributed by atoms with E-state index in [0.717, 1.165) is 11.3 Å². The van der Waals surface area contributed by atoms with Crippen LogP contribution in [0.3, 0.4) is 0 Å². The van der Waals surface area contributed by atoms with Crippen LogP contribution in [0.1, 0.15) is 19.4 Å². The third-order valence-corrected chi connectivity index (χ3v) is 2.24. The zero-order valence-corrected chi connectivity index (χ0v) is 10.1. The topological polar surface area (TPSA) is 18.5 Å². The largest absolute Gasteiger partial charge is 0.491 e. The molecule has 0 radical (unpaired) electrons. The molecule has 1 unspecified atom stereocenters. The number of ether oxygens (including phenoxy) is 2. The fourth-order valence-corrected chi connectivity index (χ4v) is 1.35. The molecule has 0 aliphatic rings. The zero-order valence-electron chi connectivity index (χ0n) is 10.1. The minimum absolute atomic E-state index is 0.00865. The highest BCUT2D eigenvalue weighted by molar-refractivity contribution is 5.31. The summed E-state index contributed by atoms with van der Waals surface area (Å²) >= 11 is 0. The van der Waals surface area contributed by atoms with Gasteiger partial charge in [0.05, 0.1) is 6.10 Å². The summed E-state index contributed by atoms with van der Waals surface area (Å²) in [5.41, 5.74) is 1.12. The van der Waals surface area contributed by atoms with Crippen molar-refractivity contribution in [3.8, 4) is 18.1 Å². The fraction of sp³-hybridized carbons (Fsp3) is 0.429. The van der Waals surface area contributed by atoms with Crippen molar-refractivity contribution in [1.82, 2.24) is 0 Å². The number of rotatable bonds is 5. The lowest BCUT2D eigenvalue weighted by atomic mass is 10.2. The van der Waals surface area contributed by atoms with Crippen LogP contribution in [0.15, 0.2) is 24.3 Å². The summed E-state index contributed by atoms with van der Waals surface area (Å²) in [7, 11) is 0. The molecular formula is C14H18O2. The molecule has 0 saturated heterocycles. The van der Waals surface area contributed by atoms with E-state index in [1.54, 1.807) is 0 Å². The van der Waals surface area contributed by atoms with Crippen LogP contribution < -0.4 is 4.74 Å². The van der Waals surface area contributed by atoms with E-state index in [9.17, 15) is 0 Å². The van der Waals surface area contributed by atoms with Crippen molar-refractivity contribution in [3.05, 3.63) is 29.8 Å². The summed E-state index contributed by atoms with van der Waals surface area (Å²) in [5, 5.41) is 0. The van der Waals surface area contributed by atoms with E-state index >= 15 is 0 Å². The molecule has 0 saturated carbocycles. The highest BCUT2D eigenvalue weighted by atomic mass is 16.5. The van der Waals surface area contributed by atoms with E-state index in [0.29, 0.717) is 6.61 Å². The van der Waals surface area contributed by atoms with Gasteiger partial charge < -0.3 is 9.47 Å². The van der Waals surface area contributed by atoms with Crippen molar-refractivity contribution in [3.63, 3.8) is 0 Å². The molecular weight excluding hydrogens is 200 g/mol. The van der Waals surface area contributed by atoms with Gasteiger partial charge in [-0.3, -0.25) is 0 Å². The number of benzene rings is 1. The second kappa shape index (κ2) is 6.19. The van der Waals surface area contributed by atoms with Crippen LogP contribution in [-0.2, 0) is 4.74 Å². The van der Waals surface area contributed by atoms with Crippen LogP contribution in [0, 0.1) is 19.3 Å². The number of terminal acetylenes is 1. The molecule has 0 aliphatic heterocycles. The van der Waals surface area contributed by atoms with Gasteiger partial charge in [0.25, 0.3) is 0 Å². The first-order valence-electron chi connectivity index (χ1n) is 5.43. The lowest BCUT2D eigenvalue weighted by molar-refractivity contribution is 0.0105. The minimum Gasteiger partial charge on any atom is -0.491 e. The second-order valence-electron chi connectivity index (χ2n) is 3.83. The van der Waals surface area contributed by atoms with Crippen molar-refractivity contribution in [1.29, 1.82) is 0 Å². The third kappa shape index (κ3) is 3.96. The average molecular weight is 218 g/mol. The summed E-state index contributed by atoms with van der Waals surface area (Å²) < 4.78 is 11.2. The van der Waals surface area contributed by atoms with Crippen LogP contribution in [0.25, 0.3) is 0 Å². The second-order valence-corrected chi connectivity index (χ2v) is 3.83. The van der Waals surface area contributed by atoms with E-state index in [1.165, 1.54) is 0 Å². The van der Waals surface area contributed by atoms with Gasteiger partial charge in [-0.25, -0.2) is 0 Å². The van der Waals surface area contributed by atoms with Crippen molar-refractivity contribution < 1.29 is 9.47 Å². The van der Waals surface area contributed by atoms with Gasteiger partial charge >= 0.3 is 0 Å². The van der Waals surface area contributed by atoms with Gasteiger partial charge in [-0.05, 0) is 32.4 Å². The molecule has 2 atom stereocenters. The Hall–Kier alpha value is -1.46. The van der Waals surface area contributed by atoms with Crippen molar-refractivity contribution in [2.75, 3.05) is 6.61 Å². The molecule has 0 amide bonds. The first-order chi connectivity index (χ1) is 7.63. The Morgan fingerprint density at radius 3 is 2.62 bits per heavy atom. The summed E-state index contributed by atoms with van der Waals surface area (Å²) in [6.07, 6.45) is 5.06. The van der Waals surface area contributed by atoms with E-state index in [-0.39, 0.29) is 12.2 Å². The van der Waals surface area contributed by atoms with E-state index < -0.39 is 0 Å². The van der Waals surface area contributed by atoms with Crippen LogP contribution >= 0.6 is 0 Å². The smallest absolute Gasteiger partial charge is 0.122 e. The van der Waals surface area contributed by atoms with Crippen LogP contribution in [0.4, 0.5) is 0 Å². The Bertz CT molecular complexity index is 365. The molecule has 2 nitrogen and oxygen atoms in total. The number of aryl methyl sites for hydroxylation is 1. The van der Waals surface area contributed by atoms with Gasteiger partial charge in [-0.2, -0.15) is 0 Å². The van der Waals surface area contributed by atoms with Crippen molar-refractivity contribution in [2.45, 2.75) is 33.0 Å². The average Bonchev–Trinajstić information content (AvgIpc) is 2.28. The summed E-state index contributed by atoms with van der Waals surface area (Å²) in [6, 6.07) is 7.91. The van der Waals surface area contributed by atoms with E-state index in [4.69, 9.17) is 15.9 Å². The maximum Gasteiger partial charge on any atom is 0.122 e. The minimum atomic E-state index is -0.171. The van der Waals surface area contributed by atoms with E-state index in [1.807, 2.05) is 45.0 Å².